The average Bonchev–Trinajstić information content (AvgIpc) is 2.66. The summed E-state index contributed by atoms with van der Waals surface area (Å²) < 4.78 is 0. The van der Waals surface area contributed by atoms with Crippen LogP contribution < -0.4 is 10.2 Å². The highest BCUT2D eigenvalue weighted by Crippen LogP contribution is 2.24. The van der Waals surface area contributed by atoms with Crippen LogP contribution in [-0.4, -0.2) is 43.5 Å². The Morgan fingerprint density at radius 3 is 2.42 bits per heavy atom. The lowest BCUT2D eigenvalue weighted by Gasteiger charge is -2.37. The molecule has 0 atom stereocenters. The molecule has 0 bridgehead atoms. The minimum absolute atomic E-state index is 0.215. The van der Waals surface area contributed by atoms with Crippen molar-refractivity contribution < 1.29 is 4.79 Å². The fourth-order valence-corrected chi connectivity index (χ4v) is 3.44. The number of hydrogen-bond acceptors (Lipinski definition) is 3. The summed E-state index contributed by atoms with van der Waals surface area (Å²) in [7, 11) is 0. The number of amides is 1. The second-order valence-electron chi connectivity index (χ2n) is 6.77. The highest BCUT2D eigenvalue weighted by molar-refractivity contribution is 6.30. The molecule has 3 rings (SSSR count). The molecule has 1 aliphatic heterocycles. The van der Waals surface area contributed by atoms with Crippen molar-refractivity contribution in [1.82, 2.24) is 4.90 Å². The van der Waals surface area contributed by atoms with E-state index < -0.39 is 0 Å². The van der Waals surface area contributed by atoms with Crippen molar-refractivity contribution in [2.45, 2.75) is 20.3 Å². The molecule has 1 fully saturated rings. The smallest absolute Gasteiger partial charge is 0.224 e. The van der Waals surface area contributed by atoms with Crippen LogP contribution in [0.5, 0.6) is 0 Å². The molecular weight excluding hydrogens is 346 g/mol. The Morgan fingerprint density at radius 1 is 1.04 bits per heavy atom. The van der Waals surface area contributed by atoms with Crippen LogP contribution in [0.25, 0.3) is 0 Å². The summed E-state index contributed by atoms with van der Waals surface area (Å²) in [5.74, 6) is 0.215. The first-order valence-electron chi connectivity index (χ1n) is 9.13. The van der Waals surface area contributed by atoms with E-state index in [9.17, 15) is 4.79 Å². The van der Waals surface area contributed by atoms with Crippen molar-refractivity contribution in [3.63, 3.8) is 0 Å². The Morgan fingerprint density at radius 2 is 1.73 bits per heavy atom. The first-order valence-corrected chi connectivity index (χ1v) is 9.51. The number of benzene rings is 2. The summed E-state index contributed by atoms with van der Waals surface area (Å²) in [5, 5.41) is 3.99. The van der Waals surface area contributed by atoms with Crippen molar-refractivity contribution in [2.24, 2.45) is 0 Å². The average molecular weight is 372 g/mol. The third-order valence-electron chi connectivity index (χ3n) is 5.06. The lowest BCUT2D eigenvalue weighted by Crippen LogP contribution is -2.49. The van der Waals surface area contributed by atoms with E-state index in [2.05, 4.69) is 42.3 Å². The summed E-state index contributed by atoms with van der Waals surface area (Å²) in [6.07, 6.45) is 0.506. The van der Waals surface area contributed by atoms with Crippen LogP contribution in [0, 0.1) is 13.8 Å². The lowest BCUT2D eigenvalue weighted by atomic mass is 10.1. The van der Waals surface area contributed by atoms with Crippen LogP contribution in [0.15, 0.2) is 42.5 Å². The third kappa shape index (κ3) is 4.50. The monoisotopic (exact) mass is 371 g/mol. The van der Waals surface area contributed by atoms with E-state index in [1.54, 1.807) is 0 Å². The van der Waals surface area contributed by atoms with Gasteiger partial charge in [0.1, 0.15) is 0 Å². The van der Waals surface area contributed by atoms with Gasteiger partial charge in [0, 0.05) is 55.5 Å². The second kappa shape index (κ2) is 8.45. The largest absolute Gasteiger partial charge is 0.385 e. The van der Waals surface area contributed by atoms with Gasteiger partial charge in [-0.25, -0.2) is 0 Å². The van der Waals surface area contributed by atoms with Gasteiger partial charge in [-0.05, 0) is 55.3 Å². The molecule has 0 aliphatic carbocycles. The predicted octanol–water partition coefficient (Wildman–Crippen LogP) is 4.11. The number of nitrogens with one attached hydrogen (secondary N) is 1. The third-order valence-corrected chi connectivity index (χ3v) is 5.31. The number of anilines is 2. The van der Waals surface area contributed by atoms with Crippen LogP contribution in [0.3, 0.4) is 0 Å². The summed E-state index contributed by atoms with van der Waals surface area (Å²) in [6.45, 7) is 8.30. The van der Waals surface area contributed by atoms with Crippen molar-refractivity contribution in [3.05, 3.63) is 58.6 Å². The Balaban J connectivity index is 1.46. The predicted molar refractivity (Wildman–Crippen MR) is 109 cm³/mol. The molecule has 1 saturated heterocycles. The molecule has 1 heterocycles. The Hall–Kier alpha value is -2.20. The van der Waals surface area contributed by atoms with E-state index in [-0.39, 0.29) is 5.91 Å². The Bertz CT molecular complexity index is 752. The molecule has 1 N–H and O–H groups in total. The molecule has 2 aromatic carbocycles. The SMILES string of the molecule is Cc1cccc(N2CCN(C(=O)CCNc3ccc(Cl)cc3)CC2)c1C. The van der Waals surface area contributed by atoms with Crippen LogP contribution in [-0.2, 0) is 4.79 Å². The fourth-order valence-electron chi connectivity index (χ4n) is 3.31. The van der Waals surface area contributed by atoms with Crippen LogP contribution in [0.1, 0.15) is 17.5 Å². The lowest BCUT2D eigenvalue weighted by molar-refractivity contribution is -0.131. The molecule has 4 nitrogen and oxygen atoms in total. The first-order chi connectivity index (χ1) is 12.5. The summed E-state index contributed by atoms with van der Waals surface area (Å²) in [6, 6.07) is 14.0. The number of nitrogens with zero attached hydrogens (tertiary/aromatic N) is 2. The molecule has 1 amide bonds. The highest BCUT2D eigenvalue weighted by Gasteiger charge is 2.21. The molecule has 0 unspecified atom stereocenters. The van der Waals surface area contributed by atoms with E-state index in [1.807, 2.05) is 29.2 Å². The fraction of sp³-hybridized carbons (Fsp3) is 0.381. The normalized spacial score (nSPS) is 14.4. The zero-order valence-electron chi connectivity index (χ0n) is 15.5. The quantitative estimate of drug-likeness (QED) is 0.859. The number of halogens is 1. The Kier molecular flexibility index (Phi) is 6.04. The van der Waals surface area contributed by atoms with Gasteiger partial charge in [-0.2, -0.15) is 0 Å². The van der Waals surface area contributed by atoms with Crippen molar-refractivity contribution >= 4 is 28.9 Å². The minimum atomic E-state index is 0.215. The topological polar surface area (TPSA) is 35.6 Å². The molecular formula is C21H26ClN3O. The number of hydrogen-bond donors (Lipinski definition) is 1. The van der Waals surface area contributed by atoms with Gasteiger partial charge in [-0.15, -0.1) is 0 Å². The number of aryl methyl sites for hydroxylation is 1. The Labute approximate surface area is 160 Å². The number of carbonyl (C=O) groups is 1. The van der Waals surface area contributed by atoms with E-state index >= 15 is 0 Å². The second-order valence-corrected chi connectivity index (χ2v) is 7.21. The molecule has 1 aliphatic rings. The van der Waals surface area contributed by atoms with Gasteiger partial charge in [-0.3, -0.25) is 4.79 Å². The molecule has 2 aromatic rings. The van der Waals surface area contributed by atoms with Gasteiger partial charge in [-0.1, -0.05) is 23.7 Å². The standard InChI is InChI=1S/C21H26ClN3O/c1-16-4-3-5-20(17(16)2)24-12-14-25(15-13-24)21(26)10-11-23-19-8-6-18(22)7-9-19/h3-9,23H,10-15H2,1-2H3. The van der Waals surface area contributed by atoms with Gasteiger partial charge in [0.25, 0.3) is 0 Å². The molecule has 0 radical (unpaired) electrons. The zero-order chi connectivity index (χ0) is 18.5. The molecule has 0 saturated carbocycles. The van der Waals surface area contributed by atoms with E-state index in [0.717, 1.165) is 31.9 Å². The van der Waals surface area contributed by atoms with Gasteiger partial charge in [0.2, 0.25) is 5.91 Å². The van der Waals surface area contributed by atoms with Crippen LogP contribution in [0.2, 0.25) is 5.02 Å². The maximum atomic E-state index is 12.5. The summed E-state index contributed by atoms with van der Waals surface area (Å²) in [5.41, 5.74) is 4.93. The molecule has 5 heteroatoms. The highest BCUT2D eigenvalue weighted by atomic mass is 35.5. The van der Waals surface area contributed by atoms with Crippen molar-refractivity contribution in [1.29, 1.82) is 0 Å². The maximum Gasteiger partial charge on any atom is 0.224 e. The van der Waals surface area contributed by atoms with E-state index in [4.69, 9.17) is 11.6 Å². The van der Waals surface area contributed by atoms with E-state index in [0.29, 0.717) is 18.0 Å². The van der Waals surface area contributed by atoms with Crippen LogP contribution >= 0.6 is 11.6 Å². The van der Waals surface area contributed by atoms with Gasteiger partial charge in [0.05, 0.1) is 0 Å². The zero-order valence-corrected chi connectivity index (χ0v) is 16.2. The van der Waals surface area contributed by atoms with E-state index in [1.165, 1.54) is 16.8 Å². The molecule has 0 spiro atoms. The number of carbonyl (C=O) groups excluding carboxylic acids is 1. The minimum Gasteiger partial charge on any atom is -0.385 e. The maximum absolute atomic E-state index is 12.5. The number of piperazine rings is 1. The molecule has 138 valence electrons. The van der Waals surface area contributed by atoms with Crippen molar-refractivity contribution in [3.8, 4) is 0 Å². The van der Waals surface area contributed by atoms with Gasteiger partial charge >= 0.3 is 0 Å². The van der Waals surface area contributed by atoms with Gasteiger partial charge < -0.3 is 15.1 Å². The summed E-state index contributed by atoms with van der Waals surface area (Å²) in [4.78, 5) is 16.8. The van der Waals surface area contributed by atoms with Crippen LogP contribution in [0.4, 0.5) is 11.4 Å². The van der Waals surface area contributed by atoms with Gasteiger partial charge in [0.15, 0.2) is 0 Å². The first kappa shape index (κ1) is 18.6. The summed E-state index contributed by atoms with van der Waals surface area (Å²) >= 11 is 5.88. The molecule has 0 aromatic heterocycles. The number of rotatable bonds is 5. The van der Waals surface area contributed by atoms with Crippen molar-refractivity contribution in [2.75, 3.05) is 42.9 Å². The molecule has 26 heavy (non-hydrogen) atoms.